The molecule has 0 heterocycles. The summed E-state index contributed by atoms with van der Waals surface area (Å²) in [6, 6.07) is 0. The molecule has 0 aromatic heterocycles. The van der Waals surface area contributed by atoms with Crippen LogP contribution < -0.4 is 0 Å². The van der Waals surface area contributed by atoms with Crippen molar-refractivity contribution >= 4 is 40.9 Å². The molecule has 0 aliphatic carbocycles. The molecular weight excluding hydrogens is 478 g/mol. The van der Waals surface area contributed by atoms with Gasteiger partial charge in [-0.15, -0.1) is 0 Å². The van der Waals surface area contributed by atoms with Crippen LogP contribution in [0.3, 0.4) is 0 Å². The molecule has 2 heteroatoms. The number of unbranched alkanes of at least 4 members (excludes halogenated alkanes) is 5. The van der Waals surface area contributed by atoms with Crippen LogP contribution in [0, 0.1) is 0 Å². The van der Waals surface area contributed by atoms with Crippen molar-refractivity contribution in [3.63, 3.8) is 0 Å². The second-order valence-corrected chi connectivity index (χ2v) is 20.9. The van der Waals surface area contributed by atoms with Gasteiger partial charge >= 0.3 is 162 Å². The number of hydrogen-bond donors (Lipinski definition) is 0. The minimum atomic E-state index is -0.967. The second-order valence-electron chi connectivity index (χ2n) is 6.75. The van der Waals surface area contributed by atoms with E-state index in [0.717, 1.165) is 0 Å². The summed E-state index contributed by atoms with van der Waals surface area (Å²) in [5.74, 6) is 0. The van der Waals surface area contributed by atoms with E-state index in [4.69, 9.17) is 0 Å². The van der Waals surface area contributed by atoms with Gasteiger partial charge in [-0.2, -0.15) is 0 Å². The summed E-state index contributed by atoms with van der Waals surface area (Å²) in [6.07, 6.45) is 14.7. The third kappa shape index (κ3) is 23.9. The third-order valence-corrected chi connectivity index (χ3v) is 18.8. The first-order valence-corrected chi connectivity index (χ1v) is 21.5. The standard InChI is InChI=1S/5C4H9.2Sn.H/c5*1-3-4-2;;;/h5*1,3-4H2,2H3;;;. The molecule has 0 spiro atoms. The van der Waals surface area contributed by atoms with Crippen LogP contribution in [0.15, 0.2) is 0 Å². The molecule has 22 heavy (non-hydrogen) atoms. The summed E-state index contributed by atoms with van der Waals surface area (Å²) in [6.45, 7) is 11.6. The Bertz CT molecular complexity index is 146. The average molecular weight is 524 g/mol. The Morgan fingerprint density at radius 1 is 0.500 bits per heavy atom. The van der Waals surface area contributed by atoms with Gasteiger partial charge in [-0.3, -0.25) is 0 Å². The predicted molar refractivity (Wildman–Crippen MR) is 111 cm³/mol. The van der Waals surface area contributed by atoms with Crippen molar-refractivity contribution in [2.24, 2.45) is 0 Å². The van der Waals surface area contributed by atoms with Crippen LogP contribution in [-0.2, 0) is 0 Å². The van der Waals surface area contributed by atoms with Gasteiger partial charge in [-0.25, -0.2) is 0 Å². The molecule has 0 amide bonds. The van der Waals surface area contributed by atoms with E-state index in [1.807, 2.05) is 0 Å². The Kier molecular flexibility index (Phi) is 29.2. The van der Waals surface area contributed by atoms with Gasteiger partial charge in [-0.1, -0.05) is 0 Å². The molecule has 0 bridgehead atoms. The van der Waals surface area contributed by atoms with E-state index in [0.29, 0.717) is 0 Å². The van der Waals surface area contributed by atoms with Gasteiger partial charge in [0.05, 0.1) is 0 Å². The maximum atomic E-state index is 2.34. The number of hydrogen-bond acceptors (Lipinski definition) is 0. The molecule has 0 unspecified atom stereocenters. The summed E-state index contributed by atoms with van der Waals surface area (Å²) in [5.41, 5.74) is 0. The molecule has 0 aliphatic rings. The van der Waals surface area contributed by atoms with Crippen molar-refractivity contribution in [3.8, 4) is 0 Å². The molecule has 0 fully saturated rings. The molecule has 0 N–H and O–H groups in total. The number of rotatable bonds is 15. The van der Waals surface area contributed by atoms with Crippen molar-refractivity contribution < 1.29 is 0 Å². The predicted octanol–water partition coefficient (Wildman–Crippen LogP) is 7.74. The minimum absolute atomic E-state index is 0.149. The first-order valence-electron chi connectivity index (χ1n) is 10.5. The molecular formula is C20H46Sn2. The molecule has 0 rings (SSSR count). The molecule has 0 atom stereocenters. The fourth-order valence-electron chi connectivity index (χ4n) is 2.64. The van der Waals surface area contributed by atoms with Crippen molar-refractivity contribution in [3.05, 3.63) is 0 Å². The van der Waals surface area contributed by atoms with Gasteiger partial charge < -0.3 is 0 Å². The first kappa shape index (κ1) is 25.8. The van der Waals surface area contributed by atoms with Crippen LogP contribution in [0.1, 0.15) is 98.8 Å². The summed E-state index contributed by atoms with van der Waals surface area (Å²) >= 11 is -0.817. The zero-order valence-electron chi connectivity index (χ0n) is 16.7. The second kappa shape index (κ2) is 24.8. The fourth-order valence-corrected chi connectivity index (χ4v) is 17.7. The molecule has 0 nitrogen and oxygen atoms in total. The molecule has 0 saturated heterocycles. The summed E-state index contributed by atoms with van der Waals surface area (Å²) in [5, 5.41) is 0. The Labute approximate surface area is 161 Å². The molecule has 0 aromatic carbocycles. The maximum absolute atomic E-state index is 2.34. The van der Waals surface area contributed by atoms with Crippen LogP contribution in [0.5, 0.6) is 0 Å². The molecule has 0 aliphatic heterocycles. The van der Waals surface area contributed by atoms with Gasteiger partial charge in [0.25, 0.3) is 0 Å². The Balaban J connectivity index is 0. The quantitative estimate of drug-likeness (QED) is 0.152. The monoisotopic (exact) mass is 526 g/mol. The van der Waals surface area contributed by atoms with E-state index >= 15 is 0 Å². The van der Waals surface area contributed by atoms with E-state index in [-0.39, 0.29) is 21.1 Å². The van der Waals surface area contributed by atoms with E-state index in [1.165, 1.54) is 64.2 Å². The van der Waals surface area contributed by atoms with Crippen LogP contribution in [0.25, 0.3) is 0 Å². The van der Waals surface area contributed by atoms with Crippen molar-refractivity contribution in [2.45, 2.75) is 121 Å². The van der Waals surface area contributed by atoms with Gasteiger partial charge in [0.2, 0.25) is 0 Å². The normalized spacial score (nSPS) is 10.6. The molecule has 0 saturated carbocycles. The molecule has 0 aromatic rings. The SMILES string of the molecule is CCC[CH2][SnH]([CH2]CCC)[CH2]CCC.CCC[CH2][Sn][CH2]CCC. The van der Waals surface area contributed by atoms with Crippen LogP contribution in [-0.4, -0.2) is 40.9 Å². The average Bonchev–Trinajstić information content (AvgIpc) is 2.55. The zero-order valence-corrected chi connectivity index (χ0v) is 22.8. The molecule has 134 valence electrons. The van der Waals surface area contributed by atoms with E-state index in [2.05, 4.69) is 34.6 Å². The summed E-state index contributed by atoms with van der Waals surface area (Å²) in [4.78, 5) is 0. The van der Waals surface area contributed by atoms with E-state index < -0.39 is 19.8 Å². The van der Waals surface area contributed by atoms with Crippen molar-refractivity contribution in [1.82, 2.24) is 0 Å². The summed E-state index contributed by atoms with van der Waals surface area (Å²) in [7, 11) is 0. The van der Waals surface area contributed by atoms with Gasteiger partial charge in [-0.05, 0) is 0 Å². The van der Waals surface area contributed by atoms with E-state index in [1.54, 1.807) is 22.2 Å². The fraction of sp³-hybridized carbons (Fsp3) is 1.00. The van der Waals surface area contributed by atoms with Crippen LogP contribution in [0.4, 0.5) is 0 Å². The Morgan fingerprint density at radius 3 is 1.09 bits per heavy atom. The molecule has 2 radical (unpaired) electrons. The first-order chi connectivity index (χ1) is 10.8. The summed E-state index contributed by atoms with van der Waals surface area (Å²) < 4.78 is 8.33. The van der Waals surface area contributed by atoms with Crippen molar-refractivity contribution in [1.29, 1.82) is 0 Å². The Morgan fingerprint density at radius 2 is 0.818 bits per heavy atom. The topological polar surface area (TPSA) is 0 Å². The Hall–Kier alpha value is 1.60. The zero-order chi connectivity index (χ0) is 16.9. The van der Waals surface area contributed by atoms with Gasteiger partial charge in [0.1, 0.15) is 0 Å². The van der Waals surface area contributed by atoms with Crippen molar-refractivity contribution in [2.75, 3.05) is 0 Å². The van der Waals surface area contributed by atoms with Crippen LogP contribution in [0.2, 0.25) is 22.2 Å². The van der Waals surface area contributed by atoms with Crippen LogP contribution >= 0.6 is 0 Å². The van der Waals surface area contributed by atoms with Gasteiger partial charge in [0.15, 0.2) is 0 Å². The van der Waals surface area contributed by atoms with Gasteiger partial charge in [0, 0.05) is 0 Å². The third-order valence-electron chi connectivity index (χ3n) is 4.31. The van der Waals surface area contributed by atoms with E-state index in [9.17, 15) is 0 Å².